The van der Waals surface area contributed by atoms with Crippen molar-refractivity contribution >= 4 is 0 Å². The highest BCUT2D eigenvalue weighted by Gasteiger charge is 2.20. The van der Waals surface area contributed by atoms with Crippen LogP contribution in [0, 0.1) is 0 Å². The molecule has 3 nitrogen and oxygen atoms in total. The number of hydrogen-bond donors (Lipinski definition) is 0. The van der Waals surface area contributed by atoms with Gasteiger partial charge in [0.1, 0.15) is 5.82 Å². The van der Waals surface area contributed by atoms with Gasteiger partial charge < -0.3 is 4.90 Å². The molecule has 52 valence electrons. The molecule has 0 radical (unpaired) electrons. The lowest BCUT2D eigenvalue weighted by Crippen LogP contribution is -2.27. The standard InChI is InChI=1S/C6H13N3/c1-6-7(2)5-8(3)9(6)4/h1,5H2,2-4H3. The van der Waals surface area contributed by atoms with Gasteiger partial charge >= 0.3 is 0 Å². The summed E-state index contributed by atoms with van der Waals surface area (Å²) in [7, 11) is 6.07. The van der Waals surface area contributed by atoms with Crippen LogP contribution in [-0.2, 0) is 0 Å². The third-order valence-corrected chi connectivity index (χ3v) is 1.74. The van der Waals surface area contributed by atoms with E-state index in [4.69, 9.17) is 0 Å². The van der Waals surface area contributed by atoms with Crippen molar-refractivity contribution in [3.63, 3.8) is 0 Å². The molecule has 3 heteroatoms. The van der Waals surface area contributed by atoms with E-state index in [-0.39, 0.29) is 0 Å². The highest BCUT2D eigenvalue weighted by atomic mass is 15.7. The normalized spacial score (nSPS) is 21.9. The molecule has 0 aromatic rings. The predicted octanol–water partition coefficient (Wildman–Crippen LogP) is 0.139. The second kappa shape index (κ2) is 1.92. The molecular formula is C6H13N3. The van der Waals surface area contributed by atoms with Crippen molar-refractivity contribution < 1.29 is 0 Å². The van der Waals surface area contributed by atoms with Crippen LogP contribution in [0.5, 0.6) is 0 Å². The first-order valence-electron chi connectivity index (χ1n) is 2.97. The molecular weight excluding hydrogens is 114 g/mol. The van der Waals surface area contributed by atoms with Gasteiger partial charge in [0.15, 0.2) is 0 Å². The van der Waals surface area contributed by atoms with Crippen LogP contribution >= 0.6 is 0 Å². The lowest BCUT2D eigenvalue weighted by Gasteiger charge is -2.18. The van der Waals surface area contributed by atoms with Crippen LogP contribution < -0.4 is 0 Å². The van der Waals surface area contributed by atoms with Crippen LogP contribution in [0.25, 0.3) is 0 Å². The van der Waals surface area contributed by atoms with Gasteiger partial charge in [0, 0.05) is 21.1 Å². The summed E-state index contributed by atoms with van der Waals surface area (Å²) >= 11 is 0. The minimum Gasteiger partial charge on any atom is -0.346 e. The van der Waals surface area contributed by atoms with E-state index in [0.717, 1.165) is 12.5 Å². The van der Waals surface area contributed by atoms with Crippen molar-refractivity contribution in [2.75, 3.05) is 27.8 Å². The first kappa shape index (κ1) is 6.42. The molecule has 0 aromatic carbocycles. The fraction of sp³-hybridized carbons (Fsp3) is 0.667. The summed E-state index contributed by atoms with van der Waals surface area (Å²) in [5, 5.41) is 4.13. The van der Waals surface area contributed by atoms with Gasteiger partial charge in [0.05, 0.1) is 6.67 Å². The Kier molecular flexibility index (Phi) is 1.37. The van der Waals surface area contributed by atoms with Crippen LogP contribution in [0.15, 0.2) is 12.4 Å². The van der Waals surface area contributed by atoms with Gasteiger partial charge in [-0.2, -0.15) is 0 Å². The molecule has 1 saturated heterocycles. The lowest BCUT2D eigenvalue weighted by atomic mass is 10.7. The van der Waals surface area contributed by atoms with E-state index in [1.807, 2.05) is 26.2 Å². The van der Waals surface area contributed by atoms with Crippen molar-refractivity contribution in [3.05, 3.63) is 12.4 Å². The first-order valence-corrected chi connectivity index (χ1v) is 2.97. The summed E-state index contributed by atoms with van der Waals surface area (Å²) in [6.07, 6.45) is 0. The molecule has 0 N–H and O–H groups in total. The maximum absolute atomic E-state index is 3.88. The van der Waals surface area contributed by atoms with Gasteiger partial charge in [-0.15, -0.1) is 0 Å². The molecule has 0 unspecified atom stereocenters. The van der Waals surface area contributed by atoms with E-state index in [9.17, 15) is 0 Å². The highest BCUT2D eigenvalue weighted by Crippen LogP contribution is 2.13. The van der Waals surface area contributed by atoms with Gasteiger partial charge in [-0.1, -0.05) is 6.58 Å². The summed E-state index contributed by atoms with van der Waals surface area (Å²) < 4.78 is 0. The largest absolute Gasteiger partial charge is 0.346 e. The van der Waals surface area contributed by atoms with Crippen LogP contribution in [0.4, 0.5) is 0 Å². The topological polar surface area (TPSA) is 9.72 Å². The van der Waals surface area contributed by atoms with E-state index < -0.39 is 0 Å². The Labute approximate surface area is 56.1 Å². The first-order chi connectivity index (χ1) is 4.13. The second-order valence-corrected chi connectivity index (χ2v) is 2.44. The fourth-order valence-corrected chi connectivity index (χ4v) is 0.928. The van der Waals surface area contributed by atoms with Crippen LogP contribution in [0.2, 0.25) is 0 Å². The predicted molar refractivity (Wildman–Crippen MR) is 37.3 cm³/mol. The maximum Gasteiger partial charge on any atom is 0.112 e. The van der Waals surface area contributed by atoms with Gasteiger partial charge in [0.25, 0.3) is 0 Å². The van der Waals surface area contributed by atoms with Crippen molar-refractivity contribution in [1.82, 2.24) is 14.9 Å². The summed E-state index contributed by atoms with van der Waals surface area (Å²) in [4.78, 5) is 2.10. The number of hydrazine groups is 1. The molecule has 0 aromatic heterocycles. The minimum atomic E-state index is 0.940. The summed E-state index contributed by atoms with van der Waals surface area (Å²) in [5.41, 5.74) is 0. The smallest absolute Gasteiger partial charge is 0.112 e. The molecule has 1 heterocycles. The average Bonchev–Trinajstić information content (AvgIpc) is 1.98. The molecule has 0 amide bonds. The lowest BCUT2D eigenvalue weighted by molar-refractivity contribution is 0.112. The zero-order valence-electron chi connectivity index (χ0n) is 6.26. The van der Waals surface area contributed by atoms with E-state index in [1.54, 1.807) is 0 Å². The van der Waals surface area contributed by atoms with E-state index in [0.29, 0.717) is 0 Å². The molecule has 0 spiro atoms. The third-order valence-electron chi connectivity index (χ3n) is 1.74. The zero-order valence-corrected chi connectivity index (χ0v) is 6.26. The van der Waals surface area contributed by atoms with Crippen molar-refractivity contribution in [2.24, 2.45) is 0 Å². The number of nitrogens with zero attached hydrogens (tertiary/aromatic N) is 3. The molecule has 0 saturated carbocycles. The molecule has 0 atom stereocenters. The summed E-state index contributed by atoms with van der Waals surface area (Å²) in [6, 6.07) is 0. The van der Waals surface area contributed by atoms with Crippen molar-refractivity contribution in [1.29, 1.82) is 0 Å². The van der Waals surface area contributed by atoms with Gasteiger partial charge in [-0.05, 0) is 0 Å². The maximum atomic E-state index is 3.88. The zero-order chi connectivity index (χ0) is 7.02. The highest BCUT2D eigenvalue weighted by molar-refractivity contribution is 4.93. The molecule has 1 rings (SSSR count). The average molecular weight is 127 g/mol. The van der Waals surface area contributed by atoms with Crippen molar-refractivity contribution in [3.8, 4) is 0 Å². The minimum absolute atomic E-state index is 0.940. The van der Waals surface area contributed by atoms with Crippen LogP contribution in [0.3, 0.4) is 0 Å². The molecule has 9 heavy (non-hydrogen) atoms. The Hall–Kier alpha value is -0.700. The van der Waals surface area contributed by atoms with Gasteiger partial charge in [-0.25, -0.2) is 5.01 Å². The van der Waals surface area contributed by atoms with Crippen LogP contribution in [0.1, 0.15) is 0 Å². The quantitative estimate of drug-likeness (QED) is 0.458. The van der Waals surface area contributed by atoms with Crippen molar-refractivity contribution in [2.45, 2.75) is 0 Å². The Bertz CT molecular complexity index is 132. The fourth-order valence-electron chi connectivity index (χ4n) is 0.928. The van der Waals surface area contributed by atoms with Gasteiger partial charge in [-0.3, -0.25) is 5.01 Å². The van der Waals surface area contributed by atoms with E-state index in [1.165, 1.54) is 0 Å². The number of rotatable bonds is 0. The summed E-state index contributed by atoms with van der Waals surface area (Å²) in [5.74, 6) is 1.05. The molecule has 1 fully saturated rings. The molecule has 1 aliphatic heterocycles. The third kappa shape index (κ3) is 0.876. The van der Waals surface area contributed by atoms with Gasteiger partial charge in [0.2, 0.25) is 0 Å². The Balaban J connectivity index is 2.65. The SMILES string of the molecule is C=C1N(C)CN(C)N1C. The van der Waals surface area contributed by atoms with E-state index >= 15 is 0 Å². The molecule has 0 bridgehead atoms. The molecule has 1 aliphatic rings. The second-order valence-electron chi connectivity index (χ2n) is 2.44. The number of hydrogen-bond acceptors (Lipinski definition) is 3. The molecule has 0 aliphatic carbocycles. The van der Waals surface area contributed by atoms with Crippen LogP contribution in [-0.4, -0.2) is 42.7 Å². The Morgan fingerprint density at radius 2 is 1.89 bits per heavy atom. The Morgan fingerprint density at radius 3 is 2.00 bits per heavy atom. The summed E-state index contributed by atoms with van der Waals surface area (Å²) in [6.45, 7) is 4.82. The van der Waals surface area contributed by atoms with E-state index in [2.05, 4.69) is 16.5 Å². The Morgan fingerprint density at radius 1 is 1.33 bits per heavy atom. The monoisotopic (exact) mass is 127 g/mol.